The minimum atomic E-state index is -0.755. The minimum Gasteiger partial charge on any atom is -0.368 e. The third-order valence-electron chi connectivity index (χ3n) is 5.76. The monoisotopic (exact) mass is 265 g/mol. The van der Waals surface area contributed by atoms with Gasteiger partial charge in [0.1, 0.15) is 0 Å². The second-order valence-electron chi connectivity index (χ2n) is 6.91. The quantitative estimate of drug-likeness (QED) is 0.792. The molecule has 0 aromatic heterocycles. The van der Waals surface area contributed by atoms with E-state index in [-0.39, 0.29) is 5.91 Å². The molecule has 4 heteroatoms. The highest BCUT2D eigenvalue weighted by Crippen LogP contribution is 2.41. The number of fused-ring (bicyclic) bond motifs is 1. The summed E-state index contributed by atoms with van der Waals surface area (Å²) < 4.78 is 0. The number of nitrogens with two attached hydrogens (primary N) is 2. The summed E-state index contributed by atoms with van der Waals surface area (Å²) in [4.78, 5) is 14.3. The summed E-state index contributed by atoms with van der Waals surface area (Å²) in [5, 5.41) is 0. The molecular formula is C15H27N3O. The van der Waals surface area contributed by atoms with Crippen LogP contribution in [0.1, 0.15) is 57.8 Å². The fraction of sp³-hybridized carbons (Fsp3) is 0.933. The Morgan fingerprint density at radius 2 is 1.89 bits per heavy atom. The van der Waals surface area contributed by atoms with Crippen LogP contribution in [0.15, 0.2) is 0 Å². The van der Waals surface area contributed by atoms with Gasteiger partial charge in [0.25, 0.3) is 0 Å². The van der Waals surface area contributed by atoms with Gasteiger partial charge in [-0.15, -0.1) is 0 Å². The number of rotatable bonds is 2. The third kappa shape index (κ3) is 2.40. The highest BCUT2D eigenvalue weighted by molar-refractivity contribution is 5.84. The lowest BCUT2D eigenvalue weighted by Gasteiger charge is -2.47. The maximum Gasteiger partial charge on any atom is 0.237 e. The smallest absolute Gasteiger partial charge is 0.237 e. The number of carbonyl (C=O) groups excluding carboxylic acids is 1. The van der Waals surface area contributed by atoms with Crippen LogP contribution in [0.2, 0.25) is 0 Å². The van der Waals surface area contributed by atoms with Crippen molar-refractivity contribution in [3.63, 3.8) is 0 Å². The molecule has 108 valence electrons. The topological polar surface area (TPSA) is 72.3 Å². The van der Waals surface area contributed by atoms with Crippen LogP contribution in [0.4, 0.5) is 0 Å². The Bertz CT molecular complexity index is 359. The van der Waals surface area contributed by atoms with E-state index in [0.29, 0.717) is 6.04 Å². The summed E-state index contributed by atoms with van der Waals surface area (Å²) in [5.41, 5.74) is 11.0. The molecule has 0 aromatic carbocycles. The van der Waals surface area contributed by atoms with Gasteiger partial charge in [-0.05, 0) is 63.8 Å². The molecule has 1 saturated heterocycles. The van der Waals surface area contributed by atoms with Gasteiger partial charge in [-0.3, -0.25) is 9.69 Å². The van der Waals surface area contributed by atoms with Crippen LogP contribution in [-0.2, 0) is 4.79 Å². The zero-order valence-electron chi connectivity index (χ0n) is 11.8. The molecule has 4 atom stereocenters. The van der Waals surface area contributed by atoms with Crippen molar-refractivity contribution in [2.75, 3.05) is 6.54 Å². The lowest BCUT2D eigenvalue weighted by atomic mass is 9.77. The van der Waals surface area contributed by atoms with Gasteiger partial charge < -0.3 is 11.5 Å². The zero-order chi connectivity index (χ0) is 13.5. The molecule has 4 nitrogen and oxygen atoms in total. The van der Waals surface area contributed by atoms with Crippen molar-refractivity contribution >= 4 is 5.91 Å². The molecule has 0 aromatic rings. The van der Waals surface area contributed by atoms with E-state index in [2.05, 4.69) is 4.90 Å². The van der Waals surface area contributed by atoms with Gasteiger partial charge in [0.2, 0.25) is 5.91 Å². The molecule has 1 amide bonds. The predicted molar refractivity (Wildman–Crippen MR) is 75.4 cm³/mol. The number of nitrogens with zero attached hydrogens (tertiary/aromatic N) is 1. The largest absolute Gasteiger partial charge is 0.368 e. The molecule has 3 rings (SSSR count). The van der Waals surface area contributed by atoms with Crippen LogP contribution in [0.25, 0.3) is 0 Å². The van der Waals surface area contributed by atoms with Crippen LogP contribution in [0.3, 0.4) is 0 Å². The number of hydrogen-bond acceptors (Lipinski definition) is 3. The van der Waals surface area contributed by atoms with Gasteiger partial charge >= 0.3 is 0 Å². The number of piperidine rings is 1. The summed E-state index contributed by atoms with van der Waals surface area (Å²) in [5.74, 6) is 0.591. The second-order valence-corrected chi connectivity index (χ2v) is 6.91. The first kappa shape index (κ1) is 13.4. The molecule has 4 N–H and O–H groups in total. The SMILES string of the molecule is NC(=O)C1(N)CCCC(N2CCCC3CCCC32)C1. The Morgan fingerprint density at radius 3 is 2.68 bits per heavy atom. The van der Waals surface area contributed by atoms with Crippen molar-refractivity contribution in [3.05, 3.63) is 0 Å². The Morgan fingerprint density at radius 1 is 1.11 bits per heavy atom. The molecule has 1 aliphatic heterocycles. The normalized spacial score (nSPS) is 43.9. The average molecular weight is 265 g/mol. The predicted octanol–water partition coefficient (Wildman–Crippen LogP) is 1.38. The van der Waals surface area contributed by atoms with E-state index in [1.807, 2.05) is 0 Å². The highest BCUT2D eigenvalue weighted by Gasteiger charge is 2.44. The van der Waals surface area contributed by atoms with E-state index in [0.717, 1.165) is 31.2 Å². The van der Waals surface area contributed by atoms with Gasteiger partial charge in [0.05, 0.1) is 5.54 Å². The van der Waals surface area contributed by atoms with Crippen LogP contribution in [0, 0.1) is 5.92 Å². The van der Waals surface area contributed by atoms with E-state index >= 15 is 0 Å². The fourth-order valence-corrected chi connectivity index (χ4v) is 4.73. The highest BCUT2D eigenvalue weighted by atomic mass is 16.1. The van der Waals surface area contributed by atoms with Crippen LogP contribution in [0.5, 0.6) is 0 Å². The van der Waals surface area contributed by atoms with Crippen molar-refractivity contribution in [2.45, 2.75) is 75.4 Å². The molecule has 2 saturated carbocycles. The lowest BCUT2D eigenvalue weighted by Crippen LogP contribution is -2.60. The molecule has 2 aliphatic carbocycles. The number of hydrogen-bond donors (Lipinski definition) is 2. The van der Waals surface area contributed by atoms with Gasteiger partial charge in [-0.1, -0.05) is 6.42 Å². The van der Waals surface area contributed by atoms with E-state index in [1.165, 1.54) is 45.1 Å². The summed E-state index contributed by atoms with van der Waals surface area (Å²) in [6.45, 7) is 1.20. The number of likely N-dealkylation sites (tertiary alicyclic amines) is 1. The van der Waals surface area contributed by atoms with Gasteiger partial charge in [0, 0.05) is 12.1 Å². The van der Waals surface area contributed by atoms with E-state index < -0.39 is 5.54 Å². The van der Waals surface area contributed by atoms with Crippen LogP contribution in [-0.4, -0.2) is 35.0 Å². The Labute approximate surface area is 115 Å². The van der Waals surface area contributed by atoms with Gasteiger partial charge in [-0.25, -0.2) is 0 Å². The summed E-state index contributed by atoms with van der Waals surface area (Å²) in [6.07, 6.45) is 10.6. The second kappa shape index (κ2) is 5.06. The Kier molecular flexibility index (Phi) is 3.56. The molecule has 4 unspecified atom stereocenters. The first-order valence-corrected chi connectivity index (χ1v) is 7.95. The third-order valence-corrected chi connectivity index (χ3v) is 5.76. The number of amides is 1. The molecule has 19 heavy (non-hydrogen) atoms. The van der Waals surface area contributed by atoms with Crippen molar-refractivity contribution in [1.82, 2.24) is 4.90 Å². The molecule has 0 bridgehead atoms. The summed E-state index contributed by atoms with van der Waals surface area (Å²) in [7, 11) is 0. The fourth-order valence-electron chi connectivity index (χ4n) is 4.73. The first-order chi connectivity index (χ1) is 9.10. The Balaban J connectivity index is 1.72. The molecule has 3 fully saturated rings. The molecule has 0 spiro atoms. The van der Waals surface area contributed by atoms with Gasteiger partial charge in [0.15, 0.2) is 0 Å². The molecule has 0 radical (unpaired) electrons. The molecule has 3 aliphatic rings. The summed E-state index contributed by atoms with van der Waals surface area (Å²) >= 11 is 0. The molecular weight excluding hydrogens is 238 g/mol. The maximum atomic E-state index is 11.6. The van der Waals surface area contributed by atoms with E-state index in [1.54, 1.807) is 0 Å². The average Bonchev–Trinajstić information content (AvgIpc) is 2.86. The molecule has 1 heterocycles. The van der Waals surface area contributed by atoms with Crippen molar-refractivity contribution in [3.8, 4) is 0 Å². The number of carbonyl (C=O) groups is 1. The lowest BCUT2D eigenvalue weighted by molar-refractivity contribution is -0.125. The minimum absolute atomic E-state index is 0.308. The first-order valence-electron chi connectivity index (χ1n) is 7.95. The standard InChI is InChI=1S/C15H27N3O/c16-14(19)15(17)8-2-6-12(10-15)18-9-3-5-11-4-1-7-13(11)18/h11-13H,1-10,17H2,(H2,16,19). The summed E-state index contributed by atoms with van der Waals surface area (Å²) in [6, 6.07) is 1.24. The van der Waals surface area contributed by atoms with E-state index in [9.17, 15) is 4.79 Å². The Hall–Kier alpha value is -0.610. The van der Waals surface area contributed by atoms with Crippen LogP contribution < -0.4 is 11.5 Å². The van der Waals surface area contributed by atoms with Crippen molar-refractivity contribution < 1.29 is 4.79 Å². The van der Waals surface area contributed by atoms with Crippen LogP contribution >= 0.6 is 0 Å². The van der Waals surface area contributed by atoms with E-state index in [4.69, 9.17) is 11.5 Å². The zero-order valence-corrected chi connectivity index (χ0v) is 11.8. The maximum absolute atomic E-state index is 11.6. The van der Waals surface area contributed by atoms with Crippen molar-refractivity contribution in [2.24, 2.45) is 17.4 Å². The van der Waals surface area contributed by atoms with Gasteiger partial charge in [-0.2, -0.15) is 0 Å². The number of primary amides is 1. The van der Waals surface area contributed by atoms with Crippen molar-refractivity contribution in [1.29, 1.82) is 0 Å².